The van der Waals surface area contributed by atoms with Crippen LogP contribution >= 0.6 is 0 Å². The van der Waals surface area contributed by atoms with E-state index < -0.39 is 0 Å². The second kappa shape index (κ2) is 4.41. The van der Waals surface area contributed by atoms with Gasteiger partial charge in [-0.05, 0) is 74.3 Å². The summed E-state index contributed by atoms with van der Waals surface area (Å²) in [5.74, 6) is 3.01. The summed E-state index contributed by atoms with van der Waals surface area (Å²) in [5, 5.41) is 0. The Morgan fingerprint density at radius 3 is 2.20 bits per heavy atom. The van der Waals surface area contributed by atoms with Crippen LogP contribution in [0.15, 0.2) is 18.2 Å². The summed E-state index contributed by atoms with van der Waals surface area (Å²) in [5.41, 5.74) is 1.21. The molecule has 0 heterocycles. The molecule has 0 N–H and O–H groups in total. The zero-order chi connectivity index (χ0) is 13.9. The normalized spacial score (nSPS) is 38.2. The van der Waals surface area contributed by atoms with Gasteiger partial charge in [0.1, 0.15) is 5.82 Å². The molecule has 1 aromatic rings. The van der Waals surface area contributed by atoms with Gasteiger partial charge >= 0.3 is 0 Å². The average molecular weight is 272 g/mol. The highest BCUT2D eigenvalue weighted by Crippen LogP contribution is 2.57. The van der Waals surface area contributed by atoms with Crippen LogP contribution in [0.1, 0.15) is 48.0 Å². The largest absolute Gasteiger partial charge is 0.294 e. The van der Waals surface area contributed by atoms with E-state index in [4.69, 9.17) is 0 Å². The van der Waals surface area contributed by atoms with Crippen LogP contribution in [0.4, 0.5) is 4.39 Å². The molecule has 0 radical (unpaired) electrons. The van der Waals surface area contributed by atoms with Gasteiger partial charge in [-0.1, -0.05) is 12.1 Å². The number of Topliss-reactive ketones (excluding diaryl/α,β-unsaturated/α-hetero) is 1. The Hall–Kier alpha value is -1.18. The second-order valence-electron chi connectivity index (χ2n) is 7.28. The molecule has 4 aliphatic rings. The average Bonchev–Trinajstić information content (AvgIpc) is 2.40. The van der Waals surface area contributed by atoms with E-state index in [0.29, 0.717) is 23.0 Å². The molecule has 5 rings (SSSR count). The lowest BCUT2D eigenvalue weighted by Gasteiger charge is -2.53. The molecule has 0 atom stereocenters. The maximum absolute atomic E-state index is 13.7. The third kappa shape index (κ3) is 1.84. The van der Waals surface area contributed by atoms with E-state index in [9.17, 15) is 9.18 Å². The van der Waals surface area contributed by atoms with Crippen molar-refractivity contribution in [2.24, 2.45) is 29.6 Å². The molecule has 2 heteroatoms. The molecule has 0 amide bonds. The predicted octanol–water partition coefficient (Wildman–Crippen LogP) is 4.39. The number of carbonyl (C=O) groups excluding carboxylic acids is 1. The van der Waals surface area contributed by atoms with Crippen molar-refractivity contribution in [1.82, 2.24) is 0 Å². The van der Waals surface area contributed by atoms with Gasteiger partial charge in [0, 0.05) is 11.5 Å². The minimum absolute atomic E-state index is 0.171. The first kappa shape index (κ1) is 12.6. The number of halogens is 1. The predicted molar refractivity (Wildman–Crippen MR) is 76.0 cm³/mol. The molecule has 0 aromatic heterocycles. The highest BCUT2D eigenvalue weighted by atomic mass is 19.1. The van der Waals surface area contributed by atoms with E-state index in [2.05, 4.69) is 0 Å². The van der Waals surface area contributed by atoms with Crippen LogP contribution in [0.25, 0.3) is 0 Å². The van der Waals surface area contributed by atoms with E-state index in [-0.39, 0.29) is 17.5 Å². The molecule has 0 saturated heterocycles. The van der Waals surface area contributed by atoms with Crippen molar-refractivity contribution in [3.05, 3.63) is 35.1 Å². The molecule has 0 unspecified atom stereocenters. The van der Waals surface area contributed by atoms with Gasteiger partial charge < -0.3 is 0 Å². The second-order valence-corrected chi connectivity index (χ2v) is 7.28. The Bertz CT molecular complexity index is 535. The molecule has 4 bridgehead atoms. The smallest absolute Gasteiger partial charge is 0.166 e. The molecule has 4 saturated carbocycles. The Morgan fingerprint density at radius 2 is 1.65 bits per heavy atom. The fraction of sp³-hybridized carbons (Fsp3) is 0.611. The van der Waals surface area contributed by atoms with E-state index >= 15 is 0 Å². The van der Waals surface area contributed by atoms with Gasteiger partial charge in [-0.25, -0.2) is 4.39 Å². The lowest BCUT2D eigenvalue weighted by atomic mass is 9.51. The summed E-state index contributed by atoms with van der Waals surface area (Å²) < 4.78 is 13.7. The summed E-state index contributed by atoms with van der Waals surface area (Å²) in [6, 6.07) is 4.99. The van der Waals surface area contributed by atoms with Crippen molar-refractivity contribution in [3.8, 4) is 0 Å². The number of hydrogen-bond donors (Lipinski definition) is 0. The van der Waals surface area contributed by atoms with Crippen molar-refractivity contribution in [2.45, 2.75) is 39.0 Å². The van der Waals surface area contributed by atoms with Gasteiger partial charge in [-0.3, -0.25) is 4.79 Å². The van der Waals surface area contributed by atoms with Crippen molar-refractivity contribution in [3.63, 3.8) is 0 Å². The highest BCUT2D eigenvalue weighted by molar-refractivity contribution is 5.98. The summed E-state index contributed by atoms with van der Waals surface area (Å²) in [6.45, 7) is 1.74. The fourth-order valence-corrected chi connectivity index (χ4v) is 5.29. The van der Waals surface area contributed by atoms with Gasteiger partial charge in [0.25, 0.3) is 0 Å². The summed E-state index contributed by atoms with van der Waals surface area (Å²) in [4.78, 5) is 12.8. The summed E-state index contributed by atoms with van der Waals surface area (Å²) >= 11 is 0. The molecule has 1 nitrogen and oxygen atoms in total. The number of hydrogen-bond acceptors (Lipinski definition) is 1. The van der Waals surface area contributed by atoms with Crippen LogP contribution in [-0.4, -0.2) is 5.78 Å². The minimum atomic E-state index is -0.250. The Labute approximate surface area is 119 Å². The third-order valence-electron chi connectivity index (χ3n) is 5.99. The first-order chi connectivity index (χ1) is 9.61. The first-order valence-electron chi connectivity index (χ1n) is 7.92. The number of benzene rings is 1. The van der Waals surface area contributed by atoms with Crippen LogP contribution in [0.3, 0.4) is 0 Å². The number of ketones is 1. The first-order valence-corrected chi connectivity index (χ1v) is 7.92. The van der Waals surface area contributed by atoms with Gasteiger partial charge in [0.2, 0.25) is 0 Å². The minimum Gasteiger partial charge on any atom is -0.294 e. The molecule has 4 fully saturated rings. The van der Waals surface area contributed by atoms with Gasteiger partial charge in [0.05, 0.1) is 0 Å². The maximum Gasteiger partial charge on any atom is 0.166 e. The van der Waals surface area contributed by atoms with Gasteiger partial charge in [-0.15, -0.1) is 0 Å². The summed E-state index contributed by atoms with van der Waals surface area (Å²) in [7, 11) is 0. The van der Waals surface area contributed by atoms with Crippen molar-refractivity contribution in [1.29, 1.82) is 0 Å². The maximum atomic E-state index is 13.7. The lowest BCUT2D eigenvalue weighted by Crippen LogP contribution is -2.48. The monoisotopic (exact) mass is 272 g/mol. The molecule has 1 aromatic carbocycles. The zero-order valence-electron chi connectivity index (χ0n) is 11.9. The van der Waals surface area contributed by atoms with Crippen molar-refractivity contribution < 1.29 is 9.18 Å². The Morgan fingerprint density at radius 1 is 1.05 bits per heavy atom. The quantitative estimate of drug-likeness (QED) is 0.730. The van der Waals surface area contributed by atoms with Crippen molar-refractivity contribution in [2.75, 3.05) is 0 Å². The van der Waals surface area contributed by atoms with E-state index in [0.717, 1.165) is 11.8 Å². The zero-order valence-corrected chi connectivity index (χ0v) is 11.9. The van der Waals surface area contributed by atoms with E-state index in [1.807, 2.05) is 6.07 Å². The van der Waals surface area contributed by atoms with Crippen LogP contribution in [0.2, 0.25) is 0 Å². The standard InChI is InChI=1S/C18H21FO/c1-10-2-3-13(9-16(10)19)18(20)17-14-5-11-4-12(7-14)8-15(17)6-11/h2-3,9,11-12,14-15,17H,4-8H2,1H3. The molecule has 106 valence electrons. The van der Waals surface area contributed by atoms with Crippen LogP contribution in [-0.2, 0) is 0 Å². The SMILES string of the molecule is Cc1ccc(C(=O)C2C3CC4CC(C3)CC2C4)cc1F. The lowest BCUT2D eigenvalue weighted by molar-refractivity contribution is -0.0251. The summed E-state index contributed by atoms with van der Waals surface area (Å²) in [6.07, 6.45) is 6.33. The van der Waals surface area contributed by atoms with Crippen LogP contribution in [0, 0.1) is 42.3 Å². The number of rotatable bonds is 2. The highest BCUT2D eigenvalue weighted by Gasteiger charge is 2.50. The third-order valence-corrected chi connectivity index (χ3v) is 5.99. The molecule has 0 spiro atoms. The Balaban J connectivity index is 1.63. The van der Waals surface area contributed by atoms with Gasteiger partial charge in [-0.2, -0.15) is 0 Å². The van der Waals surface area contributed by atoms with E-state index in [1.165, 1.54) is 38.2 Å². The molecule has 20 heavy (non-hydrogen) atoms. The molecule has 0 aliphatic heterocycles. The topological polar surface area (TPSA) is 17.1 Å². The Kier molecular flexibility index (Phi) is 2.77. The fourth-order valence-electron chi connectivity index (χ4n) is 5.29. The van der Waals surface area contributed by atoms with E-state index in [1.54, 1.807) is 13.0 Å². The molecule has 4 aliphatic carbocycles. The number of carbonyl (C=O) groups is 1. The van der Waals surface area contributed by atoms with Gasteiger partial charge in [0.15, 0.2) is 5.78 Å². The van der Waals surface area contributed by atoms with Crippen LogP contribution < -0.4 is 0 Å². The molecular weight excluding hydrogens is 251 g/mol. The van der Waals surface area contributed by atoms with Crippen molar-refractivity contribution >= 4 is 5.78 Å². The van der Waals surface area contributed by atoms with Crippen LogP contribution in [0.5, 0.6) is 0 Å². The number of aryl methyl sites for hydroxylation is 1. The molecular formula is C18H21FO.